The molecule has 4 nitrogen and oxygen atoms in total. The van der Waals surface area contributed by atoms with Crippen molar-refractivity contribution in [1.82, 2.24) is 14.7 Å². The van der Waals surface area contributed by atoms with Crippen molar-refractivity contribution in [3.63, 3.8) is 0 Å². The fourth-order valence-electron chi connectivity index (χ4n) is 2.01. The lowest BCUT2D eigenvalue weighted by atomic mass is 10.1. The lowest BCUT2D eigenvalue weighted by Gasteiger charge is -2.17. The second-order valence-electron chi connectivity index (χ2n) is 4.89. The van der Waals surface area contributed by atoms with Crippen LogP contribution in [0.4, 0.5) is 0 Å². The van der Waals surface area contributed by atoms with Gasteiger partial charge < -0.3 is 4.90 Å². The summed E-state index contributed by atoms with van der Waals surface area (Å²) in [5.74, 6) is 2.39. The Kier molecular flexibility index (Phi) is 4.66. The molecular weight excluding hydrogens is 286 g/mol. The van der Waals surface area contributed by atoms with Crippen molar-refractivity contribution in [2.75, 3.05) is 7.05 Å². The maximum Gasteiger partial charge on any atom is 0.255 e. The quantitative estimate of drug-likeness (QED) is 0.815. The van der Waals surface area contributed by atoms with Crippen LogP contribution in [0, 0.1) is 19.3 Å². The van der Waals surface area contributed by atoms with Crippen LogP contribution in [0.25, 0.3) is 0 Å². The molecule has 0 fully saturated rings. The number of aryl methyl sites for hydroxylation is 1. The molecule has 0 saturated carbocycles. The Balaban J connectivity index is 2.10. The maximum atomic E-state index is 12.4. The highest BCUT2D eigenvalue weighted by Crippen LogP contribution is 2.19. The summed E-state index contributed by atoms with van der Waals surface area (Å²) < 4.78 is 1.66. The van der Waals surface area contributed by atoms with E-state index in [2.05, 4.69) is 11.0 Å². The molecule has 2 aromatic rings. The molecule has 108 valence electrons. The van der Waals surface area contributed by atoms with E-state index in [4.69, 9.17) is 18.0 Å². The van der Waals surface area contributed by atoms with Gasteiger partial charge in [0.15, 0.2) is 0 Å². The second-order valence-corrected chi connectivity index (χ2v) is 5.30. The molecule has 21 heavy (non-hydrogen) atoms. The first kappa shape index (κ1) is 15.1. The predicted molar refractivity (Wildman–Crippen MR) is 83.0 cm³/mol. The number of hydrogen-bond acceptors (Lipinski definition) is 2. The third-order valence-corrected chi connectivity index (χ3v) is 3.37. The van der Waals surface area contributed by atoms with Gasteiger partial charge >= 0.3 is 0 Å². The average molecular weight is 302 g/mol. The molecule has 1 aromatic carbocycles. The van der Waals surface area contributed by atoms with E-state index in [1.807, 2.05) is 19.2 Å². The third-order valence-electron chi connectivity index (χ3n) is 3.06. The summed E-state index contributed by atoms with van der Waals surface area (Å²) in [5.41, 5.74) is 2.44. The number of carbonyl (C=O) groups excluding carboxylic acids is 1. The molecule has 0 saturated heterocycles. The van der Waals surface area contributed by atoms with E-state index in [-0.39, 0.29) is 5.91 Å². The smallest absolute Gasteiger partial charge is 0.255 e. The van der Waals surface area contributed by atoms with Crippen molar-refractivity contribution in [1.29, 1.82) is 0 Å². The predicted octanol–water partition coefficient (Wildman–Crippen LogP) is 2.75. The summed E-state index contributed by atoms with van der Waals surface area (Å²) in [5, 5.41) is 4.60. The average Bonchev–Trinajstić information content (AvgIpc) is 2.86. The van der Waals surface area contributed by atoms with Crippen LogP contribution < -0.4 is 0 Å². The Bertz CT molecular complexity index is 700. The van der Waals surface area contributed by atoms with Crippen LogP contribution >= 0.6 is 11.6 Å². The number of rotatable bonds is 4. The van der Waals surface area contributed by atoms with E-state index < -0.39 is 0 Å². The molecule has 0 unspecified atom stereocenters. The number of benzene rings is 1. The zero-order valence-corrected chi connectivity index (χ0v) is 12.8. The Labute approximate surface area is 129 Å². The number of aromatic nitrogens is 2. The number of terminal acetylenes is 1. The van der Waals surface area contributed by atoms with Gasteiger partial charge in [0.1, 0.15) is 6.54 Å². The number of halogens is 1. The highest BCUT2D eigenvalue weighted by Gasteiger charge is 2.15. The molecule has 0 N–H and O–H groups in total. The van der Waals surface area contributed by atoms with Gasteiger partial charge in [-0.2, -0.15) is 5.10 Å². The number of amides is 1. The lowest BCUT2D eigenvalue weighted by molar-refractivity contribution is 0.0785. The zero-order valence-electron chi connectivity index (χ0n) is 12.0. The molecule has 1 heterocycles. The minimum atomic E-state index is -0.121. The Hall–Kier alpha value is -2.25. The topological polar surface area (TPSA) is 38.1 Å². The number of carbonyl (C=O) groups is 1. The molecule has 0 aliphatic carbocycles. The molecule has 0 bridgehead atoms. The molecule has 0 spiro atoms. The Morgan fingerprint density at radius 3 is 2.95 bits per heavy atom. The van der Waals surface area contributed by atoms with Gasteiger partial charge in [-0.1, -0.05) is 23.6 Å². The van der Waals surface area contributed by atoms with Crippen molar-refractivity contribution >= 4 is 17.5 Å². The van der Waals surface area contributed by atoms with Crippen molar-refractivity contribution in [2.45, 2.75) is 20.0 Å². The lowest BCUT2D eigenvalue weighted by Crippen LogP contribution is -2.26. The van der Waals surface area contributed by atoms with E-state index in [9.17, 15) is 4.79 Å². The minimum Gasteiger partial charge on any atom is -0.337 e. The van der Waals surface area contributed by atoms with Gasteiger partial charge in [0.2, 0.25) is 0 Å². The van der Waals surface area contributed by atoms with Crippen LogP contribution in [0.1, 0.15) is 21.5 Å². The van der Waals surface area contributed by atoms with Crippen LogP contribution in [0.3, 0.4) is 0 Å². The first-order valence-corrected chi connectivity index (χ1v) is 6.85. The van der Waals surface area contributed by atoms with E-state index in [0.29, 0.717) is 23.7 Å². The minimum absolute atomic E-state index is 0.121. The summed E-state index contributed by atoms with van der Waals surface area (Å²) in [7, 11) is 1.73. The highest BCUT2D eigenvalue weighted by molar-refractivity contribution is 6.33. The maximum absolute atomic E-state index is 12.4. The van der Waals surface area contributed by atoms with Gasteiger partial charge in [0.05, 0.1) is 16.8 Å². The normalized spacial score (nSPS) is 10.2. The van der Waals surface area contributed by atoms with Gasteiger partial charge in [-0.25, -0.2) is 0 Å². The van der Waals surface area contributed by atoms with E-state index >= 15 is 0 Å². The van der Waals surface area contributed by atoms with Crippen molar-refractivity contribution in [3.8, 4) is 12.3 Å². The summed E-state index contributed by atoms with van der Waals surface area (Å²) in [4.78, 5) is 14.0. The van der Waals surface area contributed by atoms with Crippen molar-refractivity contribution in [2.24, 2.45) is 0 Å². The van der Waals surface area contributed by atoms with Gasteiger partial charge in [-0.05, 0) is 24.6 Å². The number of nitrogens with zero attached hydrogens (tertiary/aromatic N) is 3. The largest absolute Gasteiger partial charge is 0.337 e. The molecule has 1 amide bonds. The van der Waals surface area contributed by atoms with E-state index in [1.165, 1.54) is 0 Å². The summed E-state index contributed by atoms with van der Waals surface area (Å²) >= 11 is 6.13. The molecule has 0 atom stereocenters. The third kappa shape index (κ3) is 3.65. The van der Waals surface area contributed by atoms with Crippen molar-refractivity contribution in [3.05, 3.63) is 52.3 Å². The van der Waals surface area contributed by atoms with Gasteiger partial charge in [-0.3, -0.25) is 9.48 Å². The van der Waals surface area contributed by atoms with Gasteiger partial charge in [0.25, 0.3) is 5.91 Å². The van der Waals surface area contributed by atoms with E-state index in [1.54, 1.807) is 35.0 Å². The molecule has 2 rings (SSSR count). The fourth-order valence-corrected chi connectivity index (χ4v) is 2.33. The monoisotopic (exact) mass is 301 g/mol. The van der Waals surface area contributed by atoms with Gasteiger partial charge in [-0.15, -0.1) is 6.42 Å². The van der Waals surface area contributed by atoms with Crippen LogP contribution in [0.5, 0.6) is 0 Å². The van der Waals surface area contributed by atoms with Crippen LogP contribution in [-0.2, 0) is 13.1 Å². The van der Waals surface area contributed by atoms with Crippen LogP contribution in [0.2, 0.25) is 5.02 Å². The molecule has 0 radical (unpaired) electrons. The SMILES string of the molecule is C#CCn1cc(CN(C)C(=O)c2ccc(C)cc2Cl)cn1. The van der Waals surface area contributed by atoms with E-state index in [0.717, 1.165) is 11.1 Å². The fraction of sp³-hybridized carbons (Fsp3) is 0.250. The highest BCUT2D eigenvalue weighted by atomic mass is 35.5. The molecular formula is C16H16ClN3O. The summed E-state index contributed by atoms with van der Waals surface area (Å²) in [6.07, 6.45) is 8.77. The van der Waals surface area contributed by atoms with Gasteiger partial charge in [0, 0.05) is 25.4 Å². The summed E-state index contributed by atoms with van der Waals surface area (Å²) in [6.45, 7) is 2.80. The summed E-state index contributed by atoms with van der Waals surface area (Å²) in [6, 6.07) is 5.41. The molecule has 0 aliphatic heterocycles. The zero-order chi connectivity index (χ0) is 15.4. The molecule has 5 heteroatoms. The molecule has 0 aliphatic rings. The second kappa shape index (κ2) is 6.47. The van der Waals surface area contributed by atoms with Crippen molar-refractivity contribution < 1.29 is 4.79 Å². The van der Waals surface area contributed by atoms with Crippen LogP contribution in [-0.4, -0.2) is 27.6 Å². The standard InChI is InChI=1S/C16H16ClN3O/c1-4-7-20-11-13(9-18-20)10-19(3)16(21)14-6-5-12(2)8-15(14)17/h1,5-6,8-9,11H,7,10H2,2-3H3. The van der Waals surface area contributed by atoms with Crippen LogP contribution in [0.15, 0.2) is 30.6 Å². The first-order chi connectivity index (χ1) is 10.0. The Morgan fingerprint density at radius 2 is 2.29 bits per heavy atom. The Morgan fingerprint density at radius 1 is 1.52 bits per heavy atom. The first-order valence-electron chi connectivity index (χ1n) is 6.47. The number of hydrogen-bond donors (Lipinski definition) is 0. The molecule has 1 aromatic heterocycles.